The normalized spacial score (nSPS) is 9.29. The third-order valence-electron chi connectivity index (χ3n) is 1.85. The Hall–Kier alpha value is -2.24. The van der Waals surface area contributed by atoms with E-state index in [2.05, 4.69) is 10.2 Å². The van der Waals surface area contributed by atoms with Crippen molar-refractivity contribution in [2.75, 3.05) is 13.7 Å². The third kappa shape index (κ3) is 4.87. The van der Waals surface area contributed by atoms with Crippen LogP contribution in [-0.2, 0) is 9.53 Å². The van der Waals surface area contributed by atoms with Crippen molar-refractivity contribution in [3.05, 3.63) is 29.8 Å². The highest BCUT2D eigenvalue weighted by atomic mass is 16.5. The summed E-state index contributed by atoms with van der Waals surface area (Å²) in [4.78, 5) is 21.9. The maximum Gasteiger partial charge on any atom is 0.425 e. The SMILES string of the molecule is COC(=O)NNC(=O)COc1cccc(C)c1. The molecular formula is C11H14N2O4. The number of rotatable bonds is 3. The number of benzene rings is 1. The molecule has 2 N–H and O–H groups in total. The number of nitrogens with one attached hydrogen (secondary N) is 2. The maximum atomic E-state index is 11.2. The number of aryl methyl sites for hydroxylation is 1. The van der Waals surface area contributed by atoms with E-state index < -0.39 is 12.0 Å². The smallest absolute Gasteiger partial charge is 0.425 e. The summed E-state index contributed by atoms with van der Waals surface area (Å²) >= 11 is 0. The second-order valence-corrected chi connectivity index (χ2v) is 3.27. The van der Waals surface area contributed by atoms with Gasteiger partial charge in [-0.1, -0.05) is 12.1 Å². The van der Waals surface area contributed by atoms with Crippen molar-refractivity contribution in [1.29, 1.82) is 0 Å². The van der Waals surface area contributed by atoms with Crippen LogP contribution < -0.4 is 15.6 Å². The molecule has 92 valence electrons. The number of ether oxygens (including phenoxy) is 2. The first-order chi connectivity index (χ1) is 8.11. The van der Waals surface area contributed by atoms with Gasteiger partial charge in [0.05, 0.1) is 7.11 Å². The van der Waals surface area contributed by atoms with Gasteiger partial charge in [0.2, 0.25) is 0 Å². The van der Waals surface area contributed by atoms with Gasteiger partial charge >= 0.3 is 6.09 Å². The summed E-state index contributed by atoms with van der Waals surface area (Å²) in [6, 6.07) is 7.30. The van der Waals surface area contributed by atoms with E-state index in [9.17, 15) is 9.59 Å². The summed E-state index contributed by atoms with van der Waals surface area (Å²) < 4.78 is 9.48. The van der Waals surface area contributed by atoms with Crippen LogP contribution in [0.4, 0.5) is 4.79 Å². The Kier molecular flexibility index (Phi) is 4.80. The van der Waals surface area contributed by atoms with Crippen LogP contribution in [-0.4, -0.2) is 25.7 Å². The summed E-state index contributed by atoms with van der Waals surface area (Å²) in [6.45, 7) is 1.74. The van der Waals surface area contributed by atoms with E-state index in [0.717, 1.165) is 5.56 Å². The van der Waals surface area contributed by atoms with Crippen LogP contribution in [0.15, 0.2) is 24.3 Å². The van der Waals surface area contributed by atoms with Gasteiger partial charge in [0.25, 0.3) is 5.91 Å². The second kappa shape index (κ2) is 6.37. The van der Waals surface area contributed by atoms with Gasteiger partial charge in [-0.3, -0.25) is 10.2 Å². The fraction of sp³-hybridized carbons (Fsp3) is 0.273. The van der Waals surface area contributed by atoms with E-state index in [1.807, 2.05) is 24.5 Å². The maximum absolute atomic E-state index is 11.2. The number of carbonyl (C=O) groups is 2. The molecule has 1 aromatic carbocycles. The second-order valence-electron chi connectivity index (χ2n) is 3.27. The van der Waals surface area contributed by atoms with Crippen LogP contribution in [0.3, 0.4) is 0 Å². The first-order valence-electron chi connectivity index (χ1n) is 4.94. The van der Waals surface area contributed by atoms with Crippen molar-refractivity contribution in [2.45, 2.75) is 6.92 Å². The van der Waals surface area contributed by atoms with Crippen molar-refractivity contribution >= 4 is 12.0 Å². The Labute approximate surface area is 98.9 Å². The van der Waals surface area contributed by atoms with Crippen LogP contribution in [0.1, 0.15) is 5.56 Å². The number of amides is 2. The zero-order valence-electron chi connectivity index (χ0n) is 9.65. The lowest BCUT2D eigenvalue weighted by atomic mass is 10.2. The van der Waals surface area contributed by atoms with Gasteiger partial charge in [-0.25, -0.2) is 10.2 Å². The average Bonchev–Trinajstić information content (AvgIpc) is 2.33. The molecule has 6 nitrogen and oxygen atoms in total. The number of carbonyl (C=O) groups excluding carboxylic acids is 2. The molecule has 17 heavy (non-hydrogen) atoms. The number of hydrogen-bond donors (Lipinski definition) is 2. The Bertz CT molecular complexity index is 406. The third-order valence-corrected chi connectivity index (χ3v) is 1.85. The molecule has 0 saturated carbocycles. The van der Waals surface area contributed by atoms with Crippen molar-refractivity contribution in [3.63, 3.8) is 0 Å². The molecule has 0 radical (unpaired) electrons. The monoisotopic (exact) mass is 238 g/mol. The molecule has 6 heteroatoms. The van der Waals surface area contributed by atoms with Gasteiger partial charge in [-0.2, -0.15) is 0 Å². The lowest BCUT2D eigenvalue weighted by Crippen LogP contribution is -2.43. The summed E-state index contributed by atoms with van der Waals surface area (Å²) in [6.07, 6.45) is -0.742. The average molecular weight is 238 g/mol. The zero-order chi connectivity index (χ0) is 12.7. The number of hydrogen-bond acceptors (Lipinski definition) is 4. The Morgan fingerprint density at radius 3 is 2.71 bits per heavy atom. The van der Waals surface area contributed by atoms with Gasteiger partial charge in [-0.15, -0.1) is 0 Å². The van der Waals surface area contributed by atoms with Crippen LogP contribution in [0, 0.1) is 6.92 Å². The van der Waals surface area contributed by atoms with Crippen molar-refractivity contribution < 1.29 is 19.1 Å². The molecule has 0 heterocycles. The molecule has 1 rings (SSSR count). The lowest BCUT2D eigenvalue weighted by Gasteiger charge is -2.08. The molecule has 0 aliphatic rings. The summed E-state index contributed by atoms with van der Waals surface area (Å²) in [7, 11) is 1.20. The van der Waals surface area contributed by atoms with Crippen molar-refractivity contribution in [3.8, 4) is 5.75 Å². The fourth-order valence-electron chi connectivity index (χ4n) is 1.06. The summed E-state index contributed by atoms with van der Waals surface area (Å²) in [5.74, 6) is 0.120. The molecule has 2 amide bonds. The van der Waals surface area contributed by atoms with E-state index in [-0.39, 0.29) is 6.61 Å². The number of methoxy groups -OCH3 is 1. The number of hydrazine groups is 1. The van der Waals surface area contributed by atoms with Gasteiger partial charge < -0.3 is 9.47 Å². The molecule has 0 bridgehead atoms. The Morgan fingerprint density at radius 2 is 2.06 bits per heavy atom. The standard InChI is InChI=1S/C11H14N2O4/c1-8-4-3-5-9(6-8)17-7-10(14)12-13-11(15)16-2/h3-6H,7H2,1-2H3,(H,12,14)(H,13,15). The molecule has 0 aromatic heterocycles. The van der Waals surface area contributed by atoms with E-state index in [0.29, 0.717) is 5.75 Å². The molecule has 0 fully saturated rings. The van der Waals surface area contributed by atoms with E-state index in [1.54, 1.807) is 12.1 Å². The Morgan fingerprint density at radius 1 is 1.29 bits per heavy atom. The topological polar surface area (TPSA) is 76.7 Å². The lowest BCUT2D eigenvalue weighted by molar-refractivity contribution is -0.123. The highest BCUT2D eigenvalue weighted by molar-refractivity contribution is 5.80. The fourth-order valence-corrected chi connectivity index (χ4v) is 1.06. The molecule has 0 aliphatic heterocycles. The minimum atomic E-state index is -0.742. The van der Waals surface area contributed by atoms with Gasteiger partial charge in [-0.05, 0) is 24.6 Å². The zero-order valence-corrected chi connectivity index (χ0v) is 9.65. The highest BCUT2D eigenvalue weighted by Gasteiger charge is 2.04. The first kappa shape index (κ1) is 12.8. The predicted octanol–water partition coefficient (Wildman–Crippen LogP) is 0.761. The quantitative estimate of drug-likeness (QED) is 0.762. The summed E-state index contributed by atoms with van der Waals surface area (Å²) in [5, 5.41) is 0. The Balaban J connectivity index is 2.31. The molecule has 0 atom stereocenters. The van der Waals surface area contributed by atoms with Gasteiger partial charge in [0.15, 0.2) is 6.61 Å². The van der Waals surface area contributed by atoms with Crippen LogP contribution in [0.2, 0.25) is 0 Å². The van der Waals surface area contributed by atoms with E-state index in [1.165, 1.54) is 7.11 Å². The van der Waals surface area contributed by atoms with Gasteiger partial charge in [0.1, 0.15) is 5.75 Å². The molecule has 0 aliphatic carbocycles. The van der Waals surface area contributed by atoms with Crippen molar-refractivity contribution in [2.24, 2.45) is 0 Å². The van der Waals surface area contributed by atoms with Crippen LogP contribution in [0.5, 0.6) is 5.75 Å². The van der Waals surface area contributed by atoms with Crippen molar-refractivity contribution in [1.82, 2.24) is 10.9 Å². The largest absolute Gasteiger partial charge is 0.484 e. The molecular weight excluding hydrogens is 224 g/mol. The summed E-state index contributed by atoms with van der Waals surface area (Å²) in [5.41, 5.74) is 5.21. The van der Waals surface area contributed by atoms with E-state index >= 15 is 0 Å². The minimum Gasteiger partial charge on any atom is -0.484 e. The van der Waals surface area contributed by atoms with Gasteiger partial charge in [0, 0.05) is 0 Å². The molecule has 0 saturated heterocycles. The molecule has 1 aromatic rings. The van der Waals surface area contributed by atoms with E-state index in [4.69, 9.17) is 4.74 Å². The van der Waals surface area contributed by atoms with Crippen LogP contribution in [0.25, 0.3) is 0 Å². The predicted molar refractivity (Wildman–Crippen MR) is 60.4 cm³/mol. The first-order valence-corrected chi connectivity index (χ1v) is 4.94. The van der Waals surface area contributed by atoms with Crippen LogP contribution >= 0.6 is 0 Å². The highest BCUT2D eigenvalue weighted by Crippen LogP contribution is 2.11. The molecule has 0 spiro atoms. The minimum absolute atomic E-state index is 0.187. The molecule has 0 unspecified atom stereocenters.